The predicted molar refractivity (Wildman–Crippen MR) is 203 cm³/mol. The van der Waals surface area contributed by atoms with Crippen molar-refractivity contribution in [3.05, 3.63) is 119 Å². The fourth-order valence-corrected chi connectivity index (χ4v) is 8.41. The zero-order valence-corrected chi connectivity index (χ0v) is 32.8. The van der Waals surface area contributed by atoms with Gasteiger partial charge in [-0.2, -0.15) is 0 Å². The van der Waals surface area contributed by atoms with E-state index in [-0.39, 0.29) is 30.9 Å². The molecule has 0 fully saturated rings. The van der Waals surface area contributed by atoms with E-state index in [9.17, 15) is 0 Å². The zero-order valence-electron chi connectivity index (χ0n) is 31.5. The van der Waals surface area contributed by atoms with Crippen molar-refractivity contribution in [1.82, 2.24) is 9.97 Å². The molecule has 5 heteroatoms. The van der Waals surface area contributed by atoms with Gasteiger partial charge < -0.3 is 14.4 Å². The van der Waals surface area contributed by atoms with E-state index in [0.29, 0.717) is 11.3 Å². The van der Waals surface area contributed by atoms with Crippen molar-refractivity contribution in [2.24, 2.45) is 5.41 Å². The maximum Gasteiger partial charge on any atom is 0.138 e. The van der Waals surface area contributed by atoms with Gasteiger partial charge in [-0.25, -0.2) is 0 Å². The van der Waals surface area contributed by atoms with Crippen LogP contribution in [0.2, 0.25) is 0 Å². The van der Waals surface area contributed by atoms with Crippen molar-refractivity contribution in [2.45, 2.75) is 85.4 Å². The molecule has 1 aliphatic carbocycles. The molecule has 0 atom stereocenters. The zero-order chi connectivity index (χ0) is 35.6. The van der Waals surface area contributed by atoms with E-state index in [1.807, 2.05) is 87.7 Å². The number of furan rings is 1. The number of nitrogens with zero attached hydrogens (tertiary/aromatic N) is 2. The van der Waals surface area contributed by atoms with Gasteiger partial charge in [-0.3, -0.25) is 0 Å². The second-order valence-corrected chi connectivity index (χ2v) is 16.4. The Morgan fingerprint density at radius 3 is 2.31 bits per heavy atom. The van der Waals surface area contributed by atoms with Gasteiger partial charge in [0.2, 0.25) is 0 Å². The Hall–Kier alpha value is -3.63. The Bertz CT molecular complexity index is 2350. The molecular formula is C44H44IrN2OS-2. The molecule has 49 heavy (non-hydrogen) atoms. The summed E-state index contributed by atoms with van der Waals surface area (Å²) in [6.45, 7) is 17.3. The van der Waals surface area contributed by atoms with Crippen LogP contribution in [0, 0.1) is 24.5 Å². The third-order valence-corrected chi connectivity index (χ3v) is 10.9. The first-order chi connectivity index (χ1) is 23.6. The average molecular weight is 843 g/mol. The smallest absolute Gasteiger partial charge is 0.138 e. The van der Waals surface area contributed by atoms with Gasteiger partial charge in [-0.1, -0.05) is 95.3 Å². The first kappa shape index (κ1) is 32.6. The van der Waals surface area contributed by atoms with Gasteiger partial charge in [-0.15, -0.1) is 65.4 Å². The molecule has 0 saturated carbocycles. The van der Waals surface area contributed by atoms with Gasteiger partial charge in [0.15, 0.2) is 0 Å². The molecule has 0 N–H and O–H groups in total. The summed E-state index contributed by atoms with van der Waals surface area (Å²) in [6.07, 6.45) is 4.43. The maximum absolute atomic E-state index is 8.75. The minimum absolute atomic E-state index is 0. The number of pyridine rings is 2. The molecular weight excluding hydrogens is 797 g/mol. The maximum atomic E-state index is 8.75. The van der Waals surface area contributed by atoms with Gasteiger partial charge >= 0.3 is 0 Å². The quantitative estimate of drug-likeness (QED) is 0.166. The first-order valence-electron chi connectivity index (χ1n) is 17.8. The Morgan fingerprint density at radius 2 is 1.59 bits per heavy atom. The van der Waals surface area contributed by atoms with E-state index >= 15 is 0 Å². The number of thiophene rings is 1. The summed E-state index contributed by atoms with van der Waals surface area (Å²) in [4.78, 5) is 10.4. The number of hydrogen-bond donors (Lipinski definition) is 0. The summed E-state index contributed by atoms with van der Waals surface area (Å²) in [6, 6.07) is 30.5. The number of benzene rings is 3. The molecule has 0 spiro atoms. The molecule has 8 rings (SSSR count). The molecule has 1 aliphatic rings. The minimum atomic E-state index is -1.51. The van der Waals surface area contributed by atoms with Crippen LogP contribution in [0.3, 0.4) is 0 Å². The normalized spacial score (nSPS) is 15.9. The molecule has 7 aromatic rings. The number of aryl methyl sites for hydroxylation is 1. The fraction of sp³-hybridized carbons (Fsp3) is 0.318. The predicted octanol–water partition coefficient (Wildman–Crippen LogP) is 12.5. The molecule has 0 bridgehead atoms. The monoisotopic (exact) mass is 843 g/mol. The molecule has 0 amide bonds. The van der Waals surface area contributed by atoms with Gasteiger partial charge in [0, 0.05) is 50.9 Å². The van der Waals surface area contributed by atoms with Gasteiger partial charge in [0.25, 0.3) is 0 Å². The topological polar surface area (TPSA) is 38.9 Å². The average Bonchev–Trinajstić information content (AvgIpc) is 3.68. The van der Waals surface area contributed by atoms with Gasteiger partial charge in [-0.05, 0) is 71.0 Å². The van der Waals surface area contributed by atoms with Crippen LogP contribution < -0.4 is 0 Å². The van der Waals surface area contributed by atoms with Gasteiger partial charge in [0.1, 0.15) is 5.58 Å². The first-order valence-corrected chi connectivity index (χ1v) is 17.6. The third-order valence-electron chi connectivity index (χ3n) is 9.35. The Balaban J connectivity index is 0.000000269. The second kappa shape index (κ2) is 13.2. The van der Waals surface area contributed by atoms with Crippen molar-refractivity contribution in [1.29, 1.82) is 0 Å². The number of fused-ring (bicyclic) bond motifs is 7. The van der Waals surface area contributed by atoms with Crippen LogP contribution >= 0.6 is 11.3 Å². The van der Waals surface area contributed by atoms with Crippen LogP contribution in [0.4, 0.5) is 0 Å². The summed E-state index contributed by atoms with van der Waals surface area (Å²) in [5.74, 6) is 0. The van der Waals surface area contributed by atoms with E-state index in [0.717, 1.165) is 38.8 Å². The van der Waals surface area contributed by atoms with Gasteiger partial charge in [0.05, 0.1) is 10.3 Å². The van der Waals surface area contributed by atoms with E-state index in [4.69, 9.17) is 7.16 Å². The van der Waals surface area contributed by atoms with Crippen molar-refractivity contribution in [3.8, 4) is 22.5 Å². The molecule has 253 valence electrons. The summed E-state index contributed by atoms with van der Waals surface area (Å²) < 4.78 is 25.4. The molecule has 1 radical (unpaired) electrons. The summed E-state index contributed by atoms with van der Waals surface area (Å²) in [7, 11) is 0. The van der Waals surface area contributed by atoms with Crippen LogP contribution in [0.15, 0.2) is 89.6 Å². The molecule has 4 aromatic heterocycles. The molecule has 0 saturated heterocycles. The van der Waals surface area contributed by atoms with Crippen molar-refractivity contribution in [2.75, 3.05) is 0 Å². The van der Waals surface area contributed by atoms with Crippen LogP contribution in [-0.4, -0.2) is 9.97 Å². The van der Waals surface area contributed by atoms with Crippen LogP contribution in [0.1, 0.15) is 85.6 Å². The molecule has 0 aliphatic heterocycles. The van der Waals surface area contributed by atoms with Crippen LogP contribution in [0.25, 0.3) is 54.5 Å². The number of hydrogen-bond acceptors (Lipinski definition) is 4. The van der Waals surface area contributed by atoms with Crippen LogP contribution in [-0.2, 0) is 37.3 Å². The second-order valence-electron chi connectivity index (χ2n) is 15.4. The Kier molecular flexibility index (Phi) is 8.80. The number of aromatic nitrogens is 2. The van der Waals surface area contributed by atoms with E-state index in [2.05, 4.69) is 74.1 Å². The number of rotatable bonds is 3. The Labute approximate surface area is 311 Å². The summed E-state index contributed by atoms with van der Waals surface area (Å²) in [5.41, 5.74) is 8.19. The molecule has 4 heterocycles. The summed E-state index contributed by atoms with van der Waals surface area (Å²) in [5, 5.41) is 3.46. The minimum Gasteiger partial charge on any atom is -0.499 e. The summed E-state index contributed by atoms with van der Waals surface area (Å²) >= 11 is 1.89. The molecule has 3 nitrogen and oxygen atoms in total. The standard InChI is InChI=1S/C32H34NOS.C12H10N.Ir/c1-30(2,3)18-19-13-16-33-24(17-19)22-10-8-9-20-21-11-12-23-25-29(32(6,7)15-14-31(25,4)5)35-28(23)27(21)34-26(20)22;1-10-7-8-12(13-9-10)11-5-3-2-4-6-11;/h8-9,11-13,16-17H,14-15,18H2,1-7H3;2-5,7-9H,1H3;/q2*-1;/i18D2;;. The van der Waals surface area contributed by atoms with Crippen molar-refractivity contribution >= 4 is 43.4 Å². The molecule has 0 unspecified atom stereocenters. The van der Waals surface area contributed by atoms with E-state index in [1.165, 1.54) is 38.9 Å². The fourth-order valence-electron chi connectivity index (χ4n) is 6.81. The van der Waals surface area contributed by atoms with Crippen molar-refractivity contribution in [3.63, 3.8) is 0 Å². The third kappa shape index (κ3) is 6.91. The van der Waals surface area contributed by atoms with E-state index < -0.39 is 11.8 Å². The Morgan fingerprint density at radius 1 is 0.837 bits per heavy atom. The SMILES string of the molecule is Cc1ccc(-c2[c-]cccc2)nc1.[2H]C([2H])(c1ccnc(-c2[c-]ccc3c2oc2c3ccc3c4c(sc32)C(C)(C)CCC4(C)C)c1)C(C)(C)C.[Ir]. The molecule has 3 aromatic carbocycles. The van der Waals surface area contributed by atoms with Crippen molar-refractivity contribution < 1.29 is 27.3 Å². The van der Waals surface area contributed by atoms with E-state index in [1.54, 1.807) is 12.3 Å². The van der Waals surface area contributed by atoms with Crippen LogP contribution in [0.5, 0.6) is 0 Å². The largest absolute Gasteiger partial charge is 0.499 e.